The van der Waals surface area contributed by atoms with Crippen molar-refractivity contribution in [2.24, 2.45) is 0 Å². The lowest BCUT2D eigenvalue weighted by Crippen LogP contribution is -2.24. The molecule has 118 valence electrons. The predicted octanol–water partition coefficient (Wildman–Crippen LogP) is 2.50. The molecule has 1 heterocycles. The molecule has 1 amide bonds. The maximum Gasteiger partial charge on any atom is 0.251 e. The zero-order valence-electron chi connectivity index (χ0n) is 12.7. The van der Waals surface area contributed by atoms with Crippen LogP contribution < -0.4 is 14.8 Å². The van der Waals surface area contributed by atoms with Gasteiger partial charge in [-0.3, -0.25) is 9.48 Å². The normalized spacial score (nSPS) is 10.4. The fourth-order valence-electron chi connectivity index (χ4n) is 2.08. The van der Waals surface area contributed by atoms with E-state index in [0.717, 1.165) is 5.69 Å². The van der Waals surface area contributed by atoms with E-state index in [0.29, 0.717) is 35.2 Å². The van der Waals surface area contributed by atoms with Crippen LogP contribution in [0.1, 0.15) is 23.0 Å². The molecule has 1 N–H and O–H groups in total. The molecule has 0 bridgehead atoms. The van der Waals surface area contributed by atoms with Crippen molar-refractivity contribution in [3.8, 4) is 11.5 Å². The van der Waals surface area contributed by atoms with E-state index in [9.17, 15) is 4.79 Å². The molecule has 22 heavy (non-hydrogen) atoms. The first-order valence-electron chi connectivity index (χ1n) is 6.81. The van der Waals surface area contributed by atoms with Gasteiger partial charge in [0.2, 0.25) is 0 Å². The number of rotatable bonds is 6. The van der Waals surface area contributed by atoms with Crippen LogP contribution in [0.2, 0.25) is 5.02 Å². The van der Waals surface area contributed by atoms with E-state index < -0.39 is 0 Å². The first-order valence-corrected chi connectivity index (χ1v) is 7.18. The number of nitrogens with one attached hydrogen (secondary N) is 1. The highest BCUT2D eigenvalue weighted by atomic mass is 35.5. The van der Waals surface area contributed by atoms with Gasteiger partial charge in [0, 0.05) is 12.1 Å². The first-order chi connectivity index (χ1) is 10.6. The van der Waals surface area contributed by atoms with Gasteiger partial charge >= 0.3 is 0 Å². The molecule has 1 aromatic carbocycles. The number of aromatic nitrogens is 2. The number of benzene rings is 1. The Labute approximate surface area is 134 Å². The van der Waals surface area contributed by atoms with E-state index in [1.165, 1.54) is 7.11 Å². The molecule has 6 nitrogen and oxygen atoms in total. The van der Waals surface area contributed by atoms with E-state index >= 15 is 0 Å². The summed E-state index contributed by atoms with van der Waals surface area (Å²) in [7, 11) is 3.07. The van der Waals surface area contributed by atoms with Crippen LogP contribution in [0.25, 0.3) is 0 Å². The third-order valence-electron chi connectivity index (χ3n) is 3.26. The Balaban J connectivity index is 2.11. The third-order valence-corrected chi connectivity index (χ3v) is 3.58. The molecule has 0 aliphatic heterocycles. The van der Waals surface area contributed by atoms with Crippen molar-refractivity contribution >= 4 is 17.5 Å². The number of aryl methyl sites for hydroxylation is 1. The Kier molecular flexibility index (Phi) is 5.27. The number of amides is 1. The predicted molar refractivity (Wildman–Crippen MR) is 83.6 cm³/mol. The number of hydrogen-bond acceptors (Lipinski definition) is 4. The van der Waals surface area contributed by atoms with Crippen LogP contribution in [0.15, 0.2) is 24.4 Å². The molecule has 1 aromatic heterocycles. The topological polar surface area (TPSA) is 65.4 Å². The summed E-state index contributed by atoms with van der Waals surface area (Å²) in [5.74, 6) is 0.860. The fourth-order valence-corrected chi connectivity index (χ4v) is 2.29. The molecule has 0 aliphatic rings. The Hall–Kier alpha value is -2.21. The van der Waals surface area contributed by atoms with Gasteiger partial charge in [-0.1, -0.05) is 11.6 Å². The monoisotopic (exact) mass is 323 g/mol. The van der Waals surface area contributed by atoms with Crippen molar-refractivity contribution in [3.05, 3.63) is 40.7 Å². The van der Waals surface area contributed by atoms with Gasteiger partial charge in [-0.15, -0.1) is 0 Å². The summed E-state index contributed by atoms with van der Waals surface area (Å²) in [6.07, 6.45) is 1.57. The summed E-state index contributed by atoms with van der Waals surface area (Å²) >= 11 is 6.07. The Morgan fingerprint density at radius 2 is 2.05 bits per heavy atom. The zero-order valence-corrected chi connectivity index (χ0v) is 13.5. The van der Waals surface area contributed by atoms with Gasteiger partial charge in [0.15, 0.2) is 11.5 Å². The number of carbonyl (C=O) groups is 1. The lowest BCUT2D eigenvalue weighted by Gasteiger charge is -2.11. The van der Waals surface area contributed by atoms with E-state index in [4.69, 9.17) is 21.1 Å². The molecule has 0 spiro atoms. The van der Waals surface area contributed by atoms with Crippen molar-refractivity contribution in [2.75, 3.05) is 14.2 Å². The number of methoxy groups -OCH3 is 2. The van der Waals surface area contributed by atoms with Gasteiger partial charge in [-0.25, -0.2) is 0 Å². The van der Waals surface area contributed by atoms with Gasteiger partial charge in [0.25, 0.3) is 5.91 Å². The summed E-state index contributed by atoms with van der Waals surface area (Å²) < 4.78 is 12.1. The molecule has 0 radical (unpaired) electrons. The maximum absolute atomic E-state index is 12.2. The first kappa shape index (κ1) is 16.2. The SMILES string of the molecule is CCn1ncc(Cl)c1CNC(=O)c1ccc(OC)c(OC)c1. The number of halogens is 1. The van der Waals surface area contributed by atoms with Crippen molar-refractivity contribution < 1.29 is 14.3 Å². The van der Waals surface area contributed by atoms with E-state index in [-0.39, 0.29) is 5.91 Å². The van der Waals surface area contributed by atoms with Gasteiger partial charge in [-0.05, 0) is 25.1 Å². The standard InChI is InChI=1S/C15H18ClN3O3/c1-4-19-12(11(16)8-18-19)9-17-15(20)10-5-6-13(21-2)14(7-10)22-3/h5-8H,4,9H2,1-3H3,(H,17,20). The van der Waals surface area contributed by atoms with Crippen molar-refractivity contribution in [2.45, 2.75) is 20.0 Å². The van der Waals surface area contributed by atoms with Crippen LogP contribution >= 0.6 is 11.6 Å². The quantitative estimate of drug-likeness (QED) is 0.887. The largest absolute Gasteiger partial charge is 0.493 e. The average molecular weight is 324 g/mol. The fraction of sp³-hybridized carbons (Fsp3) is 0.333. The van der Waals surface area contributed by atoms with E-state index in [1.807, 2.05) is 6.92 Å². The average Bonchev–Trinajstić information content (AvgIpc) is 2.91. The summed E-state index contributed by atoms with van der Waals surface area (Å²) in [6, 6.07) is 5.00. The lowest BCUT2D eigenvalue weighted by atomic mass is 10.2. The highest BCUT2D eigenvalue weighted by Gasteiger charge is 2.13. The molecule has 0 fully saturated rings. The minimum Gasteiger partial charge on any atom is -0.493 e. The number of carbonyl (C=O) groups excluding carboxylic acids is 1. The van der Waals surface area contributed by atoms with E-state index in [2.05, 4.69) is 10.4 Å². The molecular weight excluding hydrogens is 306 g/mol. The summed E-state index contributed by atoms with van der Waals surface area (Å²) in [4.78, 5) is 12.2. The molecule has 0 aliphatic carbocycles. The van der Waals surface area contributed by atoms with Gasteiger partial charge in [0.1, 0.15) is 0 Å². The summed E-state index contributed by atoms with van der Waals surface area (Å²) in [5.41, 5.74) is 1.26. The Bertz CT molecular complexity index is 670. The van der Waals surface area contributed by atoms with E-state index in [1.54, 1.807) is 36.2 Å². The lowest BCUT2D eigenvalue weighted by molar-refractivity contribution is 0.0949. The van der Waals surface area contributed by atoms with Crippen molar-refractivity contribution in [1.82, 2.24) is 15.1 Å². The van der Waals surface area contributed by atoms with Crippen LogP contribution in [-0.4, -0.2) is 29.9 Å². The van der Waals surface area contributed by atoms with Crippen LogP contribution in [-0.2, 0) is 13.1 Å². The molecule has 7 heteroatoms. The molecule has 0 saturated heterocycles. The maximum atomic E-state index is 12.2. The van der Waals surface area contributed by atoms with Crippen LogP contribution in [0, 0.1) is 0 Å². The van der Waals surface area contributed by atoms with Crippen molar-refractivity contribution in [3.63, 3.8) is 0 Å². The smallest absolute Gasteiger partial charge is 0.251 e. The second-order valence-corrected chi connectivity index (χ2v) is 4.91. The highest BCUT2D eigenvalue weighted by Crippen LogP contribution is 2.27. The minimum atomic E-state index is -0.221. The Morgan fingerprint density at radius 3 is 2.68 bits per heavy atom. The molecule has 0 unspecified atom stereocenters. The second-order valence-electron chi connectivity index (χ2n) is 4.51. The van der Waals surface area contributed by atoms with Crippen molar-refractivity contribution in [1.29, 1.82) is 0 Å². The molecule has 0 atom stereocenters. The van der Waals surface area contributed by atoms with Gasteiger partial charge < -0.3 is 14.8 Å². The number of ether oxygens (including phenoxy) is 2. The Morgan fingerprint density at radius 1 is 1.32 bits per heavy atom. The van der Waals surface area contributed by atoms with Crippen LogP contribution in [0.4, 0.5) is 0 Å². The highest BCUT2D eigenvalue weighted by molar-refractivity contribution is 6.31. The molecule has 2 aromatic rings. The molecular formula is C15H18ClN3O3. The summed E-state index contributed by atoms with van der Waals surface area (Å²) in [6.45, 7) is 2.96. The molecule has 0 saturated carbocycles. The number of nitrogens with zero attached hydrogens (tertiary/aromatic N) is 2. The summed E-state index contributed by atoms with van der Waals surface area (Å²) in [5, 5.41) is 7.49. The van der Waals surface area contributed by atoms with Gasteiger partial charge in [0.05, 0.1) is 37.7 Å². The zero-order chi connectivity index (χ0) is 16.1. The second kappa shape index (κ2) is 7.17. The van der Waals surface area contributed by atoms with Crippen LogP contribution in [0.3, 0.4) is 0 Å². The number of hydrogen-bond donors (Lipinski definition) is 1. The minimum absolute atomic E-state index is 0.221. The van der Waals surface area contributed by atoms with Gasteiger partial charge in [-0.2, -0.15) is 5.10 Å². The molecule has 2 rings (SSSR count). The third kappa shape index (κ3) is 3.33. The van der Waals surface area contributed by atoms with Crippen LogP contribution in [0.5, 0.6) is 11.5 Å².